The molecule has 2 N–H and O–H groups in total. The molecule has 0 saturated heterocycles. The number of hydrogen-bond acceptors (Lipinski definition) is 6. The zero-order chi connectivity index (χ0) is 50.3. The van der Waals surface area contributed by atoms with E-state index in [1.54, 1.807) is 13.8 Å². The largest absolute Gasteiger partial charge is 0.377 e. The molecule has 0 bridgehead atoms. The molecule has 0 atom stereocenters. The fraction of sp³-hybridized carbons (Fsp3) is 0.390. The first-order valence-corrected chi connectivity index (χ1v) is 27.4. The molecule has 11 heteroatoms. The summed E-state index contributed by atoms with van der Waals surface area (Å²) in [4.78, 5) is 28.2. The molecular weight excluding hydrogens is 903 g/mol. The van der Waals surface area contributed by atoms with Gasteiger partial charge in [-0.2, -0.15) is 9.13 Å². The molecule has 0 aliphatic rings. The van der Waals surface area contributed by atoms with Crippen molar-refractivity contribution >= 4 is 102 Å². The smallest absolute Gasteiger partial charge is 0.221 e. The average Bonchev–Trinajstić information content (AvgIpc) is 3.31. The lowest BCUT2D eigenvalue weighted by molar-refractivity contribution is -0.888. The van der Waals surface area contributed by atoms with Crippen molar-refractivity contribution < 1.29 is 23.2 Å². The number of aryl methyl sites for hydroxylation is 2. The van der Waals surface area contributed by atoms with Gasteiger partial charge in [-0.15, -0.1) is 0 Å². The number of hydrogen-bond donors (Lipinski definition) is 2. The molecule has 0 radical (unpaired) electrons. The summed E-state index contributed by atoms with van der Waals surface area (Å²) >= 11 is 0. The predicted molar refractivity (Wildman–Crippen MR) is 305 cm³/mol. The normalized spacial score (nSPS) is 12.1. The highest BCUT2D eigenvalue weighted by molar-refractivity contribution is 8.76. The number of fused-ring (bicyclic) bond motifs is 2. The van der Waals surface area contributed by atoms with E-state index in [1.165, 1.54) is 63.3 Å². The Balaban J connectivity index is 0.928. The molecule has 0 spiro atoms. The fourth-order valence-electron chi connectivity index (χ4n) is 9.05. The minimum atomic E-state index is -0.0687. The molecule has 2 aromatic heterocycles. The van der Waals surface area contributed by atoms with Gasteiger partial charge in [0.05, 0.1) is 44.3 Å². The molecule has 0 aliphatic carbocycles. The van der Waals surface area contributed by atoms with E-state index in [4.69, 9.17) is 0 Å². The summed E-state index contributed by atoms with van der Waals surface area (Å²) < 4.78 is 5.64. The zero-order valence-electron chi connectivity index (χ0n) is 43.6. The number of pyridine rings is 2. The molecule has 4 aromatic carbocycles. The standard InChI is InChI=1S/C59H76N7O2S2/c1-45(67)60-49-31-37-64(51(43-49)27-23-47-25-29-57(62(5)6)55-21-13-11-19-53(47)55)35-16-15-33-59(3,4)34-41-69-70-42-40-66(9,10)39-18-17-36-65-38-32-50(61-46(2)68)44-52(65)28-24-48-26-30-58(63(7)8)56-22-14-12-20-54(48)56/h11-14,19-32,37-38,43-44H,15-18,33-36,39-42H2,1-10H3/q+1/p+2/b27-23+,28-24+. The van der Waals surface area contributed by atoms with Crippen molar-refractivity contribution in [2.45, 2.75) is 79.3 Å². The topological polar surface area (TPSA) is 72.4 Å². The van der Waals surface area contributed by atoms with E-state index in [1.807, 2.05) is 33.7 Å². The van der Waals surface area contributed by atoms with E-state index < -0.39 is 0 Å². The van der Waals surface area contributed by atoms with Crippen molar-refractivity contribution in [2.24, 2.45) is 5.41 Å². The highest BCUT2D eigenvalue weighted by atomic mass is 33.1. The SMILES string of the molecule is CC(=O)Nc1cc[n+](CCCCC(C)(C)CCSSCC[N+](C)(C)CCCC[n+]2ccc(NC(C)=O)cc2/C=C/c2ccc(N(C)C)c3ccccc23)c(/C=C/c2ccc(N(C)C)c3ccccc23)c1. The van der Waals surface area contributed by atoms with Crippen LogP contribution in [0.3, 0.4) is 0 Å². The van der Waals surface area contributed by atoms with Gasteiger partial charge in [-0.3, -0.25) is 9.59 Å². The van der Waals surface area contributed by atoms with Crippen LogP contribution in [0.25, 0.3) is 45.8 Å². The maximum atomic E-state index is 11.9. The predicted octanol–water partition coefficient (Wildman–Crippen LogP) is 12.5. The third-order valence-corrected chi connectivity index (χ3v) is 15.5. The lowest BCUT2D eigenvalue weighted by atomic mass is 9.84. The van der Waals surface area contributed by atoms with Crippen molar-refractivity contribution in [2.75, 3.05) is 87.3 Å². The van der Waals surface area contributed by atoms with Crippen molar-refractivity contribution in [3.05, 3.63) is 132 Å². The Morgan fingerprint density at radius 2 is 1.03 bits per heavy atom. The lowest BCUT2D eigenvalue weighted by Crippen LogP contribution is -2.43. The minimum absolute atomic E-state index is 0.0674. The van der Waals surface area contributed by atoms with E-state index in [0.29, 0.717) is 0 Å². The van der Waals surface area contributed by atoms with Crippen LogP contribution < -0.4 is 29.6 Å². The Bertz CT molecular complexity index is 2590. The molecule has 2 heterocycles. The quantitative estimate of drug-likeness (QED) is 0.0258. The van der Waals surface area contributed by atoms with Crippen LogP contribution in [-0.2, 0) is 22.7 Å². The number of nitrogens with one attached hydrogen (secondary N) is 2. The second-order valence-corrected chi connectivity index (χ2v) is 23.1. The second kappa shape index (κ2) is 25.5. The summed E-state index contributed by atoms with van der Waals surface area (Å²) in [6, 6.07) is 34.1. The highest BCUT2D eigenvalue weighted by Gasteiger charge is 2.20. The van der Waals surface area contributed by atoms with Gasteiger partial charge in [0.15, 0.2) is 12.4 Å². The summed E-state index contributed by atoms with van der Waals surface area (Å²) in [6.45, 7) is 12.1. The number of rotatable bonds is 25. The van der Waals surface area contributed by atoms with Crippen LogP contribution in [0.5, 0.6) is 0 Å². The van der Waals surface area contributed by atoms with Crippen LogP contribution in [0.4, 0.5) is 22.7 Å². The molecular formula is C59H78N7O2S2+3. The zero-order valence-corrected chi connectivity index (χ0v) is 45.2. The number of nitrogens with zero attached hydrogens (tertiary/aromatic N) is 5. The molecule has 9 nitrogen and oxygen atoms in total. The summed E-state index contributed by atoms with van der Waals surface area (Å²) in [5, 5.41) is 10.9. The van der Waals surface area contributed by atoms with Gasteiger partial charge in [-0.05, 0) is 70.9 Å². The Morgan fingerprint density at radius 1 is 0.571 bits per heavy atom. The van der Waals surface area contributed by atoms with E-state index >= 15 is 0 Å². The second-order valence-electron chi connectivity index (χ2n) is 20.4. The van der Waals surface area contributed by atoms with Crippen molar-refractivity contribution in [3.63, 3.8) is 0 Å². The summed E-state index contributed by atoms with van der Waals surface area (Å²) in [7, 11) is 17.1. The third-order valence-electron chi connectivity index (χ3n) is 13.1. The Kier molecular flexibility index (Phi) is 19.6. The van der Waals surface area contributed by atoms with Crippen LogP contribution in [0.2, 0.25) is 0 Å². The molecule has 6 rings (SSSR count). The number of benzene rings is 4. The number of carbonyl (C=O) groups is 2. The first kappa shape index (κ1) is 53.7. The summed E-state index contributed by atoms with van der Waals surface area (Å²) in [5.41, 5.74) is 8.79. The Morgan fingerprint density at radius 3 is 1.50 bits per heavy atom. The van der Waals surface area contributed by atoms with Crippen molar-refractivity contribution in [1.29, 1.82) is 0 Å². The van der Waals surface area contributed by atoms with E-state index in [0.717, 1.165) is 84.2 Å². The monoisotopic (exact) mass is 981 g/mol. The van der Waals surface area contributed by atoms with Gasteiger partial charge < -0.3 is 24.9 Å². The van der Waals surface area contributed by atoms with E-state index in [2.05, 4.69) is 207 Å². The molecule has 0 unspecified atom stereocenters. The lowest BCUT2D eigenvalue weighted by Gasteiger charge is -2.29. The molecule has 0 aliphatic heterocycles. The fourth-order valence-corrected chi connectivity index (χ4v) is 11.7. The first-order chi connectivity index (χ1) is 33.5. The number of anilines is 4. The van der Waals surface area contributed by atoms with Gasteiger partial charge in [0.1, 0.15) is 13.1 Å². The van der Waals surface area contributed by atoms with Gasteiger partial charge >= 0.3 is 0 Å². The van der Waals surface area contributed by atoms with Crippen LogP contribution in [-0.4, -0.2) is 83.2 Å². The molecule has 70 heavy (non-hydrogen) atoms. The molecule has 6 aromatic rings. The molecule has 0 saturated carbocycles. The van der Waals surface area contributed by atoms with Gasteiger partial charge in [0.2, 0.25) is 23.2 Å². The number of unbranched alkanes of at least 4 members (excludes halogenated alkanes) is 2. The van der Waals surface area contributed by atoms with Crippen LogP contribution in [0.15, 0.2) is 109 Å². The number of amides is 2. The number of quaternary nitrogens is 1. The average molecular weight is 981 g/mol. The molecule has 0 fully saturated rings. The summed E-state index contributed by atoms with van der Waals surface area (Å²) in [6.07, 6.45) is 19.8. The maximum absolute atomic E-state index is 11.9. The Hall–Kier alpha value is -5.62. The number of carbonyl (C=O) groups excluding carboxylic acids is 2. The van der Waals surface area contributed by atoms with Gasteiger partial charge in [0.25, 0.3) is 0 Å². The first-order valence-electron chi connectivity index (χ1n) is 24.9. The van der Waals surface area contributed by atoms with Crippen LogP contribution in [0, 0.1) is 5.41 Å². The van der Waals surface area contributed by atoms with Crippen molar-refractivity contribution in [1.82, 2.24) is 0 Å². The van der Waals surface area contributed by atoms with Crippen LogP contribution in [0.1, 0.15) is 88.7 Å². The third kappa shape index (κ3) is 16.0. The summed E-state index contributed by atoms with van der Waals surface area (Å²) in [5.74, 6) is 2.17. The van der Waals surface area contributed by atoms with Gasteiger partial charge in [-0.25, -0.2) is 0 Å². The highest BCUT2D eigenvalue weighted by Crippen LogP contribution is 2.34. The van der Waals surface area contributed by atoms with Crippen LogP contribution >= 0.6 is 21.6 Å². The molecule has 2 amide bonds. The van der Waals surface area contributed by atoms with Gasteiger partial charge in [-0.1, -0.05) is 96.1 Å². The molecule has 370 valence electrons. The number of aromatic nitrogens is 2. The van der Waals surface area contributed by atoms with E-state index in [9.17, 15) is 9.59 Å². The Labute approximate surface area is 427 Å². The van der Waals surface area contributed by atoms with E-state index in [-0.39, 0.29) is 17.2 Å². The minimum Gasteiger partial charge on any atom is -0.377 e. The van der Waals surface area contributed by atoms with Crippen molar-refractivity contribution in [3.8, 4) is 0 Å². The maximum Gasteiger partial charge on any atom is 0.221 e. The van der Waals surface area contributed by atoms with Gasteiger partial charge in [0, 0.05) is 126 Å².